The molecule has 0 aliphatic carbocycles. The van der Waals surface area contributed by atoms with E-state index in [1.807, 2.05) is 18.2 Å². The lowest BCUT2D eigenvalue weighted by atomic mass is 9.99. The number of rotatable bonds is 2. The molecule has 1 atom stereocenters. The molecule has 0 bridgehead atoms. The molecule has 0 saturated carbocycles. The summed E-state index contributed by atoms with van der Waals surface area (Å²) in [5.41, 5.74) is 2.55. The average molecular weight is 323 g/mol. The van der Waals surface area contributed by atoms with E-state index in [0.29, 0.717) is 16.6 Å². The fourth-order valence-electron chi connectivity index (χ4n) is 2.28. The van der Waals surface area contributed by atoms with Crippen LogP contribution in [-0.4, -0.2) is 11.7 Å². The molecule has 0 fully saturated rings. The minimum Gasteiger partial charge on any atom is -0.493 e. The maximum Gasteiger partial charge on any atom is 0.124 e. The van der Waals surface area contributed by atoms with Crippen molar-refractivity contribution >= 4 is 15.9 Å². The summed E-state index contributed by atoms with van der Waals surface area (Å²) in [5, 5.41) is 10.4. The third-order valence-corrected chi connectivity index (χ3v) is 3.97. The molecule has 2 aromatic carbocycles. The predicted octanol–water partition coefficient (Wildman–Crippen LogP) is 3.60. The highest BCUT2D eigenvalue weighted by Gasteiger charge is 2.18. The van der Waals surface area contributed by atoms with E-state index >= 15 is 0 Å². The zero-order valence-corrected chi connectivity index (χ0v) is 11.7. The molecule has 1 N–H and O–H groups in total. The van der Waals surface area contributed by atoms with Crippen molar-refractivity contribution in [1.29, 1.82) is 0 Å². The van der Waals surface area contributed by atoms with Gasteiger partial charge in [0.15, 0.2) is 0 Å². The van der Waals surface area contributed by atoms with Gasteiger partial charge in [-0.05, 0) is 41.0 Å². The quantitative estimate of drug-likeness (QED) is 0.915. The van der Waals surface area contributed by atoms with Crippen molar-refractivity contribution in [2.45, 2.75) is 12.5 Å². The molecule has 1 heterocycles. The van der Waals surface area contributed by atoms with E-state index in [0.717, 1.165) is 23.3 Å². The SMILES string of the molecule is OC(c1ccc2c(c1)CCO2)c1ccc(F)cc1Br. The molecule has 1 unspecified atom stereocenters. The van der Waals surface area contributed by atoms with Crippen LogP contribution in [0.3, 0.4) is 0 Å². The molecule has 0 aromatic heterocycles. The molecule has 0 radical (unpaired) electrons. The van der Waals surface area contributed by atoms with E-state index in [2.05, 4.69) is 15.9 Å². The first-order valence-corrected chi connectivity index (χ1v) is 6.83. The first-order chi connectivity index (χ1) is 9.15. The molecule has 98 valence electrons. The topological polar surface area (TPSA) is 29.5 Å². The number of aliphatic hydroxyl groups excluding tert-OH is 1. The molecule has 4 heteroatoms. The van der Waals surface area contributed by atoms with Gasteiger partial charge in [-0.25, -0.2) is 4.39 Å². The van der Waals surface area contributed by atoms with Crippen LogP contribution >= 0.6 is 15.9 Å². The standard InChI is InChI=1S/C15H12BrFO2/c16-13-8-11(17)2-3-12(13)15(18)10-1-4-14-9(7-10)5-6-19-14/h1-4,7-8,15,18H,5-6H2. The number of fused-ring (bicyclic) bond motifs is 1. The minimum absolute atomic E-state index is 0.329. The van der Waals surface area contributed by atoms with Crippen LogP contribution in [-0.2, 0) is 6.42 Å². The Labute approximate surface area is 119 Å². The number of ether oxygens (including phenoxy) is 1. The number of hydrogen-bond donors (Lipinski definition) is 1. The number of hydrogen-bond acceptors (Lipinski definition) is 2. The van der Waals surface area contributed by atoms with Crippen LogP contribution in [0.25, 0.3) is 0 Å². The lowest BCUT2D eigenvalue weighted by Crippen LogP contribution is -2.01. The maximum atomic E-state index is 13.1. The molecule has 0 amide bonds. The van der Waals surface area contributed by atoms with Gasteiger partial charge in [0.05, 0.1) is 6.61 Å². The van der Waals surface area contributed by atoms with Gasteiger partial charge in [0.25, 0.3) is 0 Å². The second-order valence-corrected chi connectivity index (χ2v) is 5.39. The highest BCUT2D eigenvalue weighted by atomic mass is 79.9. The Hall–Kier alpha value is -1.39. The van der Waals surface area contributed by atoms with Crippen molar-refractivity contribution in [2.24, 2.45) is 0 Å². The average Bonchev–Trinajstić information content (AvgIpc) is 2.85. The Kier molecular flexibility index (Phi) is 3.29. The summed E-state index contributed by atoms with van der Waals surface area (Å²) in [6.07, 6.45) is 0.0846. The molecule has 2 nitrogen and oxygen atoms in total. The van der Waals surface area contributed by atoms with Gasteiger partial charge in [0.1, 0.15) is 17.7 Å². The fraction of sp³-hybridized carbons (Fsp3) is 0.200. The summed E-state index contributed by atoms with van der Waals surface area (Å²) < 4.78 is 19.1. The Morgan fingerprint density at radius 3 is 2.84 bits per heavy atom. The summed E-state index contributed by atoms with van der Waals surface area (Å²) in [6.45, 7) is 0.690. The number of aliphatic hydroxyl groups is 1. The Morgan fingerprint density at radius 2 is 2.05 bits per heavy atom. The van der Waals surface area contributed by atoms with E-state index < -0.39 is 6.10 Å². The van der Waals surface area contributed by atoms with Crippen molar-refractivity contribution in [1.82, 2.24) is 0 Å². The Bertz CT molecular complexity index is 628. The summed E-state index contributed by atoms with van der Waals surface area (Å²) in [7, 11) is 0. The normalized spacial score (nSPS) is 14.9. The summed E-state index contributed by atoms with van der Waals surface area (Å²) in [6, 6.07) is 9.95. The molecule has 1 aliphatic rings. The highest BCUT2D eigenvalue weighted by molar-refractivity contribution is 9.10. The summed E-state index contributed by atoms with van der Waals surface area (Å²) in [5.74, 6) is 0.555. The molecule has 0 saturated heterocycles. The van der Waals surface area contributed by atoms with Crippen molar-refractivity contribution in [3.05, 3.63) is 63.4 Å². The van der Waals surface area contributed by atoms with E-state index in [1.165, 1.54) is 12.1 Å². The van der Waals surface area contributed by atoms with Gasteiger partial charge in [-0.3, -0.25) is 0 Å². The smallest absolute Gasteiger partial charge is 0.124 e. The molecular formula is C15H12BrFO2. The maximum absolute atomic E-state index is 13.1. The minimum atomic E-state index is -0.777. The zero-order chi connectivity index (χ0) is 13.4. The fourth-order valence-corrected chi connectivity index (χ4v) is 2.85. The van der Waals surface area contributed by atoms with Crippen LogP contribution in [0.2, 0.25) is 0 Å². The summed E-state index contributed by atoms with van der Waals surface area (Å²) in [4.78, 5) is 0. The Balaban J connectivity index is 1.97. The van der Waals surface area contributed by atoms with Crippen molar-refractivity contribution in [2.75, 3.05) is 6.61 Å². The van der Waals surface area contributed by atoms with Gasteiger partial charge >= 0.3 is 0 Å². The molecule has 19 heavy (non-hydrogen) atoms. The second kappa shape index (κ2) is 4.94. The second-order valence-electron chi connectivity index (χ2n) is 4.53. The van der Waals surface area contributed by atoms with Crippen molar-refractivity contribution in [3.63, 3.8) is 0 Å². The third-order valence-electron chi connectivity index (χ3n) is 3.29. The van der Waals surface area contributed by atoms with Crippen LogP contribution in [0.1, 0.15) is 22.8 Å². The van der Waals surface area contributed by atoms with Crippen molar-refractivity contribution < 1.29 is 14.2 Å². The van der Waals surface area contributed by atoms with Crippen LogP contribution in [0, 0.1) is 5.82 Å². The number of halogens is 2. The first-order valence-electron chi connectivity index (χ1n) is 6.04. The van der Waals surface area contributed by atoms with Gasteiger partial charge in [-0.1, -0.05) is 28.1 Å². The van der Waals surface area contributed by atoms with E-state index in [1.54, 1.807) is 6.07 Å². The molecule has 3 rings (SSSR count). The first kappa shape index (κ1) is 12.6. The third kappa shape index (κ3) is 2.38. The lowest BCUT2D eigenvalue weighted by Gasteiger charge is -2.14. The van der Waals surface area contributed by atoms with Crippen LogP contribution in [0.4, 0.5) is 4.39 Å². The van der Waals surface area contributed by atoms with Gasteiger partial charge in [0.2, 0.25) is 0 Å². The van der Waals surface area contributed by atoms with Crippen LogP contribution in [0.15, 0.2) is 40.9 Å². The van der Waals surface area contributed by atoms with Gasteiger partial charge < -0.3 is 9.84 Å². The molecule has 2 aromatic rings. The zero-order valence-electron chi connectivity index (χ0n) is 10.1. The largest absolute Gasteiger partial charge is 0.493 e. The van der Waals surface area contributed by atoms with Gasteiger partial charge in [0, 0.05) is 10.9 Å². The summed E-state index contributed by atoms with van der Waals surface area (Å²) >= 11 is 3.28. The van der Waals surface area contributed by atoms with E-state index in [4.69, 9.17) is 4.74 Å². The molecule has 0 spiro atoms. The predicted molar refractivity (Wildman–Crippen MR) is 73.8 cm³/mol. The van der Waals surface area contributed by atoms with Crippen LogP contribution < -0.4 is 4.74 Å². The van der Waals surface area contributed by atoms with E-state index in [-0.39, 0.29) is 5.82 Å². The number of benzene rings is 2. The van der Waals surface area contributed by atoms with Gasteiger partial charge in [-0.15, -0.1) is 0 Å². The molecule has 1 aliphatic heterocycles. The lowest BCUT2D eigenvalue weighted by molar-refractivity contribution is 0.219. The highest BCUT2D eigenvalue weighted by Crippen LogP contribution is 2.33. The van der Waals surface area contributed by atoms with Crippen LogP contribution in [0.5, 0.6) is 5.75 Å². The van der Waals surface area contributed by atoms with Crippen molar-refractivity contribution in [3.8, 4) is 5.75 Å². The molecular weight excluding hydrogens is 311 g/mol. The van der Waals surface area contributed by atoms with Gasteiger partial charge in [-0.2, -0.15) is 0 Å². The monoisotopic (exact) mass is 322 g/mol. The van der Waals surface area contributed by atoms with E-state index in [9.17, 15) is 9.50 Å². The Morgan fingerprint density at radius 1 is 1.21 bits per heavy atom.